The Bertz CT molecular complexity index is 1190. The number of Topliss-reactive ketones (excluding diaryl/α,β-unsaturated/α-hetero) is 1. The van der Waals surface area contributed by atoms with E-state index in [0.29, 0.717) is 28.2 Å². The zero-order valence-electron chi connectivity index (χ0n) is 15.0. The van der Waals surface area contributed by atoms with Crippen LogP contribution >= 0.6 is 0 Å². The van der Waals surface area contributed by atoms with Crippen LogP contribution in [0.3, 0.4) is 0 Å². The molecule has 1 aromatic heterocycles. The van der Waals surface area contributed by atoms with Gasteiger partial charge in [-0.2, -0.15) is 8.42 Å². The first-order chi connectivity index (χ1) is 13.1. The van der Waals surface area contributed by atoms with E-state index < -0.39 is 15.0 Å². The molecule has 0 bridgehead atoms. The normalized spacial score (nSPS) is 11.4. The van der Waals surface area contributed by atoms with Crippen molar-refractivity contribution in [2.24, 2.45) is 0 Å². The second-order valence-corrected chi connectivity index (χ2v) is 7.62. The number of hydrogen-bond acceptors (Lipinski definition) is 5. The molecule has 0 aliphatic carbocycles. The van der Waals surface area contributed by atoms with Crippen LogP contribution in [0, 0.1) is 17.0 Å². The molecule has 0 saturated carbocycles. The van der Waals surface area contributed by atoms with E-state index in [1.807, 2.05) is 0 Å². The lowest BCUT2D eigenvalue weighted by atomic mass is 10.1. The number of benzene rings is 2. The summed E-state index contributed by atoms with van der Waals surface area (Å²) < 4.78 is 33.4. The van der Waals surface area contributed by atoms with Crippen LogP contribution in [0.25, 0.3) is 16.9 Å². The van der Waals surface area contributed by atoms with Crippen LogP contribution in [0.15, 0.2) is 59.5 Å². The van der Waals surface area contributed by atoms with Gasteiger partial charge in [0.15, 0.2) is 5.78 Å². The van der Waals surface area contributed by atoms with Crippen molar-refractivity contribution in [3.05, 3.63) is 76.0 Å². The summed E-state index contributed by atoms with van der Waals surface area (Å²) in [6.07, 6.45) is 0. The second-order valence-electron chi connectivity index (χ2n) is 6.20. The lowest BCUT2D eigenvalue weighted by Crippen LogP contribution is -2.03. The Morgan fingerprint density at radius 2 is 1.75 bits per heavy atom. The largest absolute Gasteiger partial charge is 0.313 e. The van der Waals surface area contributed by atoms with Crippen molar-refractivity contribution in [2.75, 3.05) is 0 Å². The van der Waals surface area contributed by atoms with Gasteiger partial charge in [-0.25, -0.2) is 0 Å². The molecule has 28 heavy (non-hydrogen) atoms. The molecule has 1 heterocycles. The van der Waals surface area contributed by atoms with Crippen molar-refractivity contribution in [1.82, 2.24) is 4.57 Å². The highest BCUT2D eigenvalue weighted by atomic mass is 32.2. The molecule has 0 aliphatic heterocycles. The molecule has 0 aliphatic rings. The Morgan fingerprint density at radius 3 is 2.29 bits per heavy atom. The summed E-state index contributed by atoms with van der Waals surface area (Å²) in [5.41, 5.74) is 2.58. The number of rotatable bonds is 5. The van der Waals surface area contributed by atoms with Gasteiger partial charge in [0.05, 0.1) is 15.5 Å². The van der Waals surface area contributed by atoms with Crippen LogP contribution in [0.5, 0.6) is 0 Å². The third-order valence-electron chi connectivity index (χ3n) is 4.37. The van der Waals surface area contributed by atoms with E-state index in [4.69, 9.17) is 4.55 Å². The average Bonchev–Trinajstić information content (AvgIpc) is 2.98. The molecule has 1 N–H and O–H groups in total. The van der Waals surface area contributed by atoms with Gasteiger partial charge in [0.2, 0.25) is 0 Å². The molecular weight excluding hydrogens is 384 g/mol. The fourth-order valence-electron chi connectivity index (χ4n) is 3.05. The second kappa shape index (κ2) is 7.02. The van der Waals surface area contributed by atoms with E-state index in [-0.39, 0.29) is 16.4 Å². The Balaban J connectivity index is 2.25. The van der Waals surface area contributed by atoms with Gasteiger partial charge in [-0.1, -0.05) is 12.1 Å². The maximum Gasteiger partial charge on any atom is 0.294 e. The van der Waals surface area contributed by atoms with Crippen molar-refractivity contribution in [2.45, 2.75) is 18.7 Å². The van der Waals surface area contributed by atoms with Crippen molar-refractivity contribution in [3.8, 4) is 16.9 Å². The quantitative estimate of drug-likeness (QED) is 0.301. The molecule has 0 atom stereocenters. The van der Waals surface area contributed by atoms with E-state index in [9.17, 15) is 23.3 Å². The van der Waals surface area contributed by atoms with Gasteiger partial charge in [0.25, 0.3) is 15.8 Å². The number of nitro groups is 1. The molecule has 3 rings (SSSR count). The molecule has 0 fully saturated rings. The number of aromatic nitrogens is 1. The topological polar surface area (TPSA) is 120 Å². The van der Waals surface area contributed by atoms with Crippen LogP contribution in [0.4, 0.5) is 5.69 Å². The molecule has 9 heteroatoms. The van der Waals surface area contributed by atoms with Gasteiger partial charge < -0.3 is 4.57 Å². The highest BCUT2D eigenvalue weighted by Crippen LogP contribution is 2.32. The van der Waals surface area contributed by atoms with E-state index in [0.717, 1.165) is 0 Å². The molecule has 0 spiro atoms. The van der Waals surface area contributed by atoms with Gasteiger partial charge >= 0.3 is 0 Å². The monoisotopic (exact) mass is 400 g/mol. The highest BCUT2D eigenvalue weighted by Gasteiger charge is 2.19. The van der Waals surface area contributed by atoms with E-state index >= 15 is 0 Å². The molecule has 8 nitrogen and oxygen atoms in total. The third-order valence-corrected chi connectivity index (χ3v) is 5.24. The minimum Gasteiger partial charge on any atom is -0.313 e. The maximum absolute atomic E-state index is 12.0. The Hall–Kier alpha value is -3.30. The summed E-state index contributed by atoms with van der Waals surface area (Å²) in [4.78, 5) is 22.4. The van der Waals surface area contributed by atoms with Gasteiger partial charge in [-0.05, 0) is 44.2 Å². The Morgan fingerprint density at radius 1 is 1.11 bits per heavy atom. The van der Waals surface area contributed by atoms with Gasteiger partial charge in [-0.15, -0.1) is 0 Å². The summed E-state index contributed by atoms with van der Waals surface area (Å²) in [6.45, 7) is 3.15. The summed E-state index contributed by atoms with van der Waals surface area (Å²) in [6, 6.07) is 13.1. The first-order valence-electron chi connectivity index (χ1n) is 8.15. The number of carbonyl (C=O) groups is 1. The fourth-order valence-corrected chi connectivity index (χ4v) is 3.53. The first kappa shape index (κ1) is 19.5. The molecule has 144 valence electrons. The zero-order valence-corrected chi connectivity index (χ0v) is 15.8. The van der Waals surface area contributed by atoms with E-state index in [1.165, 1.54) is 43.3 Å². The first-order valence-corrected chi connectivity index (χ1v) is 9.59. The van der Waals surface area contributed by atoms with Crippen LogP contribution < -0.4 is 0 Å². The van der Waals surface area contributed by atoms with Crippen molar-refractivity contribution < 1.29 is 22.7 Å². The fraction of sp³-hybridized carbons (Fsp3) is 0.105. The number of ketones is 1. The molecule has 0 amide bonds. The summed E-state index contributed by atoms with van der Waals surface area (Å²) in [5, 5.41) is 11.1. The summed E-state index contributed by atoms with van der Waals surface area (Å²) in [7, 11) is -4.34. The SMILES string of the molecule is CC(=O)c1cc(-c2cccc([N+](=O)[O-])c2)n(-c2ccc(S(=O)(=O)O)cc2)c1C. The number of carbonyl (C=O) groups excluding carboxylic acids is 1. The third kappa shape index (κ3) is 3.57. The Kier molecular flexibility index (Phi) is 4.88. The van der Waals surface area contributed by atoms with Crippen molar-refractivity contribution in [1.29, 1.82) is 0 Å². The molecule has 0 saturated heterocycles. The number of non-ortho nitro benzene ring substituents is 1. The summed E-state index contributed by atoms with van der Waals surface area (Å²) >= 11 is 0. The predicted octanol–water partition coefficient (Wildman–Crippen LogP) is 3.81. The van der Waals surface area contributed by atoms with Gasteiger partial charge in [-0.3, -0.25) is 19.5 Å². The lowest BCUT2D eigenvalue weighted by Gasteiger charge is -2.13. The maximum atomic E-state index is 12.0. The Labute approximate surface area is 161 Å². The zero-order chi connectivity index (χ0) is 20.6. The van der Waals surface area contributed by atoms with Crippen LogP contribution in [-0.4, -0.2) is 28.2 Å². The molecule has 0 unspecified atom stereocenters. The average molecular weight is 400 g/mol. The molecule has 0 radical (unpaired) electrons. The standard InChI is InChI=1S/C19H16N2O6S/c1-12-18(13(2)22)11-19(14-4-3-5-16(10-14)21(23)24)20(12)15-6-8-17(9-7-15)28(25,26)27/h3-11H,1-2H3,(H,25,26,27). The van der Waals surface area contributed by atoms with Gasteiger partial charge in [0, 0.05) is 34.6 Å². The number of nitro benzene ring substituents is 1. The lowest BCUT2D eigenvalue weighted by molar-refractivity contribution is -0.384. The van der Waals surface area contributed by atoms with E-state index in [1.54, 1.807) is 29.7 Å². The van der Waals surface area contributed by atoms with Crippen molar-refractivity contribution in [3.63, 3.8) is 0 Å². The molecular formula is C19H16N2O6S. The minimum absolute atomic E-state index is 0.0889. The molecule has 3 aromatic rings. The van der Waals surface area contributed by atoms with Crippen LogP contribution in [0.1, 0.15) is 23.0 Å². The van der Waals surface area contributed by atoms with E-state index in [2.05, 4.69) is 0 Å². The highest BCUT2D eigenvalue weighted by molar-refractivity contribution is 7.85. The smallest absolute Gasteiger partial charge is 0.294 e. The number of nitrogens with zero attached hydrogens (tertiary/aromatic N) is 2. The van der Waals surface area contributed by atoms with Crippen LogP contribution in [-0.2, 0) is 10.1 Å². The number of hydrogen-bond donors (Lipinski definition) is 1. The molecule has 2 aromatic carbocycles. The van der Waals surface area contributed by atoms with Gasteiger partial charge in [0.1, 0.15) is 0 Å². The predicted molar refractivity (Wildman–Crippen MR) is 102 cm³/mol. The minimum atomic E-state index is -4.34. The summed E-state index contributed by atoms with van der Waals surface area (Å²) in [5.74, 6) is -0.169. The van der Waals surface area contributed by atoms with Crippen molar-refractivity contribution >= 4 is 21.6 Å². The van der Waals surface area contributed by atoms with Crippen LogP contribution in [0.2, 0.25) is 0 Å².